The van der Waals surface area contributed by atoms with Crippen molar-refractivity contribution in [1.29, 1.82) is 0 Å². The van der Waals surface area contributed by atoms with Crippen molar-refractivity contribution in [3.8, 4) is 0 Å². The van der Waals surface area contributed by atoms with Crippen LogP contribution in [0.3, 0.4) is 0 Å². The van der Waals surface area contributed by atoms with E-state index in [0.29, 0.717) is 5.41 Å². The zero-order valence-corrected chi connectivity index (χ0v) is 9.85. The van der Waals surface area contributed by atoms with Gasteiger partial charge in [0.25, 0.3) is 11.7 Å². The van der Waals surface area contributed by atoms with Gasteiger partial charge in [-0.2, -0.15) is 5.21 Å². The first-order chi connectivity index (χ1) is 8.29. The SMILES string of the molecule is O=C(c1nn[nH]n1)N1CCC2(CCCC2)CC1. The summed E-state index contributed by atoms with van der Waals surface area (Å²) in [4.78, 5) is 13.9. The summed E-state index contributed by atoms with van der Waals surface area (Å²) < 4.78 is 0. The van der Waals surface area contributed by atoms with Gasteiger partial charge in [-0.15, -0.1) is 10.2 Å². The Morgan fingerprint density at radius 1 is 1.18 bits per heavy atom. The molecule has 1 amide bonds. The van der Waals surface area contributed by atoms with Gasteiger partial charge in [-0.05, 0) is 36.3 Å². The summed E-state index contributed by atoms with van der Waals surface area (Å²) in [6.07, 6.45) is 7.68. The van der Waals surface area contributed by atoms with Crippen LogP contribution >= 0.6 is 0 Å². The molecule has 1 saturated carbocycles. The van der Waals surface area contributed by atoms with Crippen LogP contribution in [0.5, 0.6) is 0 Å². The minimum Gasteiger partial charge on any atom is -0.336 e. The number of carbonyl (C=O) groups excluding carboxylic acids is 1. The first-order valence-electron chi connectivity index (χ1n) is 6.32. The molecule has 2 fully saturated rings. The quantitative estimate of drug-likeness (QED) is 0.787. The smallest absolute Gasteiger partial charge is 0.295 e. The third-order valence-corrected chi connectivity index (χ3v) is 4.31. The van der Waals surface area contributed by atoms with Crippen molar-refractivity contribution < 1.29 is 4.79 Å². The molecule has 0 unspecified atom stereocenters. The van der Waals surface area contributed by atoms with Gasteiger partial charge in [-0.1, -0.05) is 12.8 Å². The van der Waals surface area contributed by atoms with Gasteiger partial charge < -0.3 is 4.90 Å². The third kappa shape index (κ3) is 1.92. The van der Waals surface area contributed by atoms with Crippen molar-refractivity contribution >= 4 is 5.91 Å². The molecule has 2 aliphatic rings. The van der Waals surface area contributed by atoms with Crippen LogP contribution in [0.25, 0.3) is 0 Å². The molecule has 1 aliphatic carbocycles. The summed E-state index contributed by atoms with van der Waals surface area (Å²) in [5.74, 6) is 0.0963. The van der Waals surface area contributed by atoms with Crippen LogP contribution in [-0.4, -0.2) is 44.5 Å². The number of carbonyl (C=O) groups is 1. The third-order valence-electron chi connectivity index (χ3n) is 4.31. The number of rotatable bonds is 1. The van der Waals surface area contributed by atoms with Gasteiger partial charge in [0.1, 0.15) is 0 Å². The van der Waals surface area contributed by atoms with Gasteiger partial charge in [0.05, 0.1) is 0 Å². The van der Waals surface area contributed by atoms with Crippen molar-refractivity contribution in [3.63, 3.8) is 0 Å². The Bertz CT molecular complexity index is 386. The Kier molecular flexibility index (Phi) is 2.57. The molecule has 6 heteroatoms. The Labute approximate surface area is 99.8 Å². The topological polar surface area (TPSA) is 74.8 Å². The van der Waals surface area contributed by atoms with Crippen LogP contribution < -0.4 is 0 Å². The van der Waals surface area contributed by atoms with Crippen molar-refractivity contribution in [1.82, 2.24) is 25.5 Å². The number of aromatic nitrogens is 4. The van der Waals surface area contributed by atoms with Gasteiger partial charge >= 0.3 is 0 Å². The van der Waals surface area contributed by atoms with E-state index in [-0.39, 0.29) is 11.7 Å². The fourth-order valence-electron chi connectivity index (χ4n) is 3.20. The molecule has 6 nitrogen and oxygen atoms in total. The molecule has 1 saturated heterocycles. The maximum atomic E-state index is 12.0. The second-order valence-electron chi connectivity index (χ2n) is 5.23. The number of likely N-dealkylation sites (tertiary alicyclic amines) is 1. The number of hydrogen-bond donors (Lipinski definition) is 1. The number of amides is 1. The van der Waals surface area contributed by atoms with E-state index in [4.69, 9.17) is 0 Å². The zero-order chi connectivity index (χ0) is 11.7. The van der Waals surface area contributed by atoms with Crippen molar-refractivity contribution in [2.75, 3.05) is 13.1 Å². The number of aromatic amines is 1. The second kappa shape index (κ2) is 4.09. The summed E-state index contributed by atoms with van der Waals surface area (Å²) in [5, 5.41) is 13.2. The van der Waals surface area contributed by atoms with E-state index in [2.05, 4.69) is 20.6 Å². The van der Waals surface area contributed by atoms with Gasteiger partial charge in [0.15, 0.2) is 0 Å². The molecule has 0 bridgehead atoms. The van der Waals surface area contributed by atoms with E-state index in [1.165, 1.54) is 25.7 Å². The minimum atomic E-state index is -0.0911. The molecule has 1 aliphatic heterocycles. The zero-order valence-electron chi connectivity index (χ0n) is 9.85. The first-order valence-corrected chi connectivity index (χ1v) is 6.32. The lowest BCUT2D eigenvalue weighted by molar-refractivity contribution is 0.0576. The number of H-pyrrole nitrogens is 1. The Morgan fingerprint density at radius 3 is 2.47 bits per heavy atom. The van der Waals surface area contributed by atoms with Crippen molar-refractivity contribution in [2.24, 2.45) is 5.41 Å². The average molecular weight is 235 g/mol. The Balaban J connectivity index is 1.63. The summed E-state index contributed by atoms with van der Waals surface area (Å²) in [6.45, 7) is 1.68. The summed E-state index contributed by atoms with van der Waals surface area (Å²) in [6, 6.07) is 0. The first kappa shape index (κ1) is 10.7. The number of hydrogen-bond acceptors (Lipinski definition) is 4. The molecule has 2 heterocycles. The molecule has 0 aromatic carbocycles. The van der Waals surface area contributed by atoms with Gasteiger partial charge in [-0.25, -0.2) is 0 Å². The van der Waals surface area contributed by atoms with E-state index >= 15 is 0 Å². The highest BCUT2D eigenvalue weighted by Crippen LogP contribution is 2.46. The fourth-order valence-corrected chi connectivity index (χ4v) is 3.20. The van der Waals surface area contributed by atoms with Crippen LogP contribution in [0.1, 0.15) is 49.1 Å². The predicted octanol–water partition coefficient (Wildman–Crippen LogP) is 0.996. The minimum absolute atomic E-state index is 0.0911. The monoisotopic (exact) mass is 235 g/mol. The molecular formula is C11H17N5O. The van der Waals surface area contributed by atoms with Gasteiger partial charge in [0.2, 0.25) is 0 Å². The normalized spacial score (nSPS) is 23.2. The molecule has 1 aromatic heterocycles. The molecule has 1 spiro atoms. The number of nitrogens with zero attached hydrogens (tertiary/aromatic N) is 4. The molecule has 0 atom stereocenters. The van der Waals surface area contributed by atoms with E-state index in [1.54, 1.807) is 0 Å². The number of tetrazole rings is 1. The second-order valence-corrected chi connectivity index (χ2v) is 5.23. The van der Waals surface area contributed by atoms with E-state index in [9.17, 15) is 4.79 Å². The van der Waals surface area contributed by atoms with Crippen molar-refractivity contribution in [3.05, 3.63) is 5.82 Å². The lowest BCUT2D eigenvalue weighted by Gasteiger charge is -2.38. The fraction of sp³-hybridized carbons (Fsp3) is 0.818. The summed E-state index contributed by atoms with van der Waals surface area (Å²) in [7, 11) is 0. The highest BCUT2D eigenvalue weighted by atomic mass is 16.2. The van der Waals surface area contributed by atoms with Gasteiger partial charge in [0, 0.05) is 13.1 Å². The standard InChI is InChI=1S/C11H17N5O/c17-10(9-12-14-15-13-9)16-7-5-11(6-8-16)3-1-2-4-11/h1-8H2,(H,12,13,14,15). The molecule has 92 valence electrons. The molecule has 0 radical (unpaired) electrons. The molecule has 1 aromatic rings. The van der Waals surface area contributed by atoms with Crippen LogP contribution in [0.15, 0.2) is 0 Å². The van der Waals surface area contributed by atoms with Crippen molar-refractivity contribution in [2.45, 2.75) is 38.5 Å². The maximum Gasteiger partial charge on any atom is 0.295 e. The summed E-state index contributed by atoms with van der Waals surface area (Å²) in [5.41, 5.74) is 0.536. The lowest BCUT2D eigenvalue weighted by atomic mass is 9.77. The maximum absolute atomic E-state index is 12.0. The van der Waals surface area contributed by atoms with Crippen LogP contribution in [0.4, 0.5) is 0 Å². The summed E-state index contributed by atoms with van der Waals surface area (Å²) >= 11 is 0. The largest absolute Gasteiger partial charge is 0.336 e. The van der Waals surface area contributed by atoms with Crippen LogP contribution in [0, 0.1) is 5.41 Å². The Hall–Kier alpha value is -1.46. The number of nitrogens with one attached hydrogen (secondary N) is 1. The van der Waals surface area contributed by atoms with E-state index in [0.717, 1.165) is 25.9 Å². The Morgan fingerprint density at radius 2 is 1.88 bits per heavy atom. The van der Waals surface area contributed by atoms with Crippen LogP contribution in [-0.2, 0) is 0 Å². The number of piperidine rings is 1. The van der Waals surface area contributed by atoms with E-state index in [1.807, 2.05) is 4.90 Å². The van der Waals surface area contributed by atoms with Crippen LogP contribution in [0.2, 0.25) is 0 Å². The van der Waals surface area contributed by atoms with E-state index < -0.39 is 0 Å². The highest BCUT2D eigenvalue weighted by Gasteiger charge is 2.38. The lowest BCUT2D eigenvalue weighted by Crippen LogP contribution is -2.42. The highest BCUT2D eigenvalue weighted by molar-refractivity contribution is 5.90. The van der Waals surface area contributed by atoms with Gasteiger partial charge in [-0.3, -0.25) is 4.79 Å². The average Bonchev–Trinajstić information content (AvgIpc) is 3.01. The molecule has 3 rings (SSSR count). The molecular weight excluding hydrogens is 218 g/mol. The molecule has 17 heavy (non-hydrogen) atoms. The predicted molar refractivity (Wildman–Crippen MR) is 60.2 cm³/mol. The molecule has 1 N–H and O–H groups in total.